The van der Waals surface area contributed by atoms with Crippen LogP contribution >= 0.6 is 11.6 Å². The molecule has 0 fully saturated rings. The second-order valence-corrected chi connectivity index (χ2v) is 7.09. The molecule has 0 saturated heterocycles. The van der Waals surface area contributed by atoms with Gasteiger partial charge in [-0.25, -0.2) is 4.98 Å². The van der Waals surface area contributed by atoms with Crippen molar-refractivity contribution in [2.75, 3.05) is 0 Å². The number of aryl methyl sites for hydroxylation is 1. The molecule has 4 rings (SSSR count). The molecular weight excluding hydrogens is 390 g/mol. The number of aromatic nitrogens is 4. The molecule has 0 aliphatic heterocycles. The molecule has 0 aliphatic carbocycles. The molecule has 0 saturated carbocycles. The molecule has 8 heteroatoms. The van der Waals surface area contributed by atoms with E-state index in [4.69, 9.17) is 11.6 Å². The van der Waals surface area contributed by atoms with E-state index in [-0.39, 0.29) is 18.0 Å². The fourth-order valence-corrected chi connectivity index (χ4v) is 3.43. The summed E-state index contributed by atoms with van der Waals surface area (Å²) in [7, 11) is 1.71. The molecule has 2 heterocycles. The number of carbonyl (C=O) groups is 1. The largest absolute Gasteiger partial charge is 0.344 e. The summed E-state index contributed by atoms with van der Waals surface area (Å²) in [4.78, 5) is 29.6. The molecule has 4 aromatic rings. The van der Waals surface area contributed by atoms with E-state index in [1.807, 2.05) is 48.5 Å². The van der Waals surface area contributed by atoms with Gasteiger partial charge < -0.3 is 5.32 Å². The summed E-state index contributed by atoms with van der Waals surface area (Å²) in [6.45, 7) is -0.152. The first-order chi connectivity index (χ1) is 14.0. The van der Waals surface area contributed by atoms with Gasteiger partial charge in [0.1, 0.15) is 18.3 Å². The summed E-state index contributed by atoms with van der Waals surface area (Å²) < 4.78 is 2.80. The van der Waals surface area contributed by atoms with Crippen LogP contribution in [0.1, 0.15) is 17.2 Å². The molecule has 0 bridgehead atoms. The minimum Gasteiger partial charge on any atom is -0.344 e. The molecule has 0 spiro atoms. The smallest absolute Gasteiger partial charge is 0.264 e. The first-order valence-corrected chi connectivity index (χ1v) is 9.37. The lowest BCUT2D eigenvalue weighted by molar-refractivity contribution is -0.122. The van der Waals surface area contributed by atoms with E-state index in [2.05, 4.69) is 15.4 Å². The van der Waals surface area contributed by atoms with Crippen molar-refractivity contribution < 1.29 is 4.79 Å². The Morgan fingerprint density at radius 2 is 1.90 bits per heavy atom. The second-order valence-electron chi connectivity index (χ2n) is 6.65. The van der Waals surface area contributed by atoms with Crippen LogP contribution in [-0.2, 0) is 18.4 Å². The van der Waals surface area contributed by atoms with Gasteiger partial charge in [0, 0.05) is 12.1 Å². The van der Waals surface area contributed by atoms with Crippen LogP contribution in [0.4, 0.5) is 0 Å². The monoisotopic (exact) mass is 407 g/mol. The topological polar surface area (TPSA) is 81.8 Å². The van der Waals surface area contributed by atoms with Crippen molar-refractivity contribution in [1.82, 2.24) is 24.6 Å². The average molecular weight is 408 g/mol. The normalized spacial score (nSPS) is 12.1. The SMILES string of the molecule is Cn1ncc2c(=O)n(CC(=O)NC(c3ccccc3)c3cccc(Cl)c3)cnc21. The summed E-state index contributed by atoms with van der Waals surface area (Å²) in [6, 6.07) is 16.5. The summed E-state index contributed by atoms with van der Waals surface area (Å²) in [6.07, 6.45) is 2.82. The van der Waals surface area contributed by atoms with Gasteiger partial charge in [0.2, 0.25) is 5.91 Å². The summed E-state index contributed by atoms with van der Waals surface area (Å²) >= 11 is 6.15. The Balaban J connectivity index is 1.62. The van der Waals surface area contributed by atoms with Gasteiger partial charge >= 0.3 is 0 Å². The first kappa shape index (κ1) is 18.9. The van der Waals surface area contributed by atoms with Crippen LogP contribution in [0.2, 0.25) is 5.02 Å². The third-order valence-corrected chi connectivity index (χ3v) is 4.89. The van der Waals surface area contributed by atoms with Gasteiger partial charge in [-0.15, -0.1) is 0 Å². The Labute approximate surface area is 171 Å². The zero-order chi connectivity index (χ0) is 20.4. The average Bonchev–Trinajstić information content (AvgIpc) is 3.10. The van der Waals surface area contributed by atoms with Gasteiger partial charge in [-0.2, -0.15) is 5.10 Å². The highest BCUT2D eigenvalue weighted by atomic mass is 35.5. The molecule has 0 aliphatic rings. The Hall–Kier alpha value is -3.45. The van der Waals surface area contributed by atoms with Gasteiger partial charge in [-0.1, -0.05) is 54.1 Å². The number of benzene rings is 2. The minimum atomic E-state index is -0.395. The van der Waals surface area contributed by atoms with Gasteiger partial charge in [0.25, 0.3) is 5.56 Å². The van der Waals surface area contributed by atoms with Gasteiger partial charge in [0.15, 0.2) is 5.65 Å². The molecule has 1 unspecified atom stereocenters. The van der Waals surface area contributed by atoms with Crippen molar-refractivity contribution in [3.63, 3.8) is 0 Å². The maximum Gasteiger partial charge on any atom is 0.264 e. The lowest BCUT2D eigenvalue weighted by atomic mass is 9.98. The number of amides is 1. The highest BCUT2D eigenvalue weighted by Crippen LogP contribution is 2.24. The molecule has 0 radical (unpaired) electrons. The van der Waals surface area contributed by atoms with E-state index in [1.54, 1.807) is 13.1 Å². The summed E-state index contributed by atoms with van der Waals surface area (Å²) in [5.74, 6) is -0.314. The quantitative estimate of drug-likeness (QED) is 0.551. The predicted octanol–water partition coefficient (Wildman–Crippen LogP) is 2.69. The van der Waals surface area contributed by atoms with Gasteiger partial charge in [0.05, 0.1) is 12.2 Å². The highest BCUT2D eigenvalue weighted by Gasteiger charge is 2.18. The lowest BCUT2D eigenvalue weighted by Gasteiger charge is -2.20. The van der Waals surface area contributed by atoms with Crippen LogP contribution in [0.3, 0.4) is 0 Å². The number of fused-ring (bicyclic) bond motifs is 1. The highest BCUT2D eigenvalue weighted by molar-refractivity contribution is 6.30. The van der Waals surface area contributed by atoms with Crippen LogP contribution in [0.25, 0.3) is 11.0 Å². The van der Waals surface area contributed by atoms with Gasteiger partial charge in [-0.3, -0.25) is 18.8 Å². The van der Waals surface area contributed by atoms with E-state index in [1.165, 1.54) is 21.8 Å². The molecule has 1 amide bonds. The van der Waals surface area contributed by atoms with Crippen molar-refractivity contribution >= 4 is 28.5 Å². The Kier molecular flexibility index (Phi) is 5.14. The zero-order valence-electron chi connectivity index (χ0n) is 15.6. The molecule has 2 aromatic heterocycles. The standard InChI is InChI=1S/C21H18ClN5O2/c1-26-20-17(11-24-26)21(29)27(13-23-20)12-18(28)25-19(14-6-3-2-4-7-14)15-8-5-9-16(22)10-15/h2-11,13,19H,12H2,1H3,(H,25,28). The minimum absolute atomic E-state index is 0.152. The van der Waals surface area contributed by atoms with E-state index in [0.717, 1.165) is 11.1 Å². The van der Waals surface area contributed by atoms with E-state index in [0.29, 0.717) is 16.1 Å². The van der Waals surface area contributed by atoms with Crippen LogP contribution in [-0.4, -0.2) is 25.2 Å². The summed E-state index contributed by atoms with van der Waals surface area (Å²) in [5, 5.41) is 8.00. The molecule has 146 valence electrons. The molecule has 2 aromatic carbocycles. The zero-order valence-corrected chi connectivity index (χ0v) is 16.4. The molecule has 1 atom stereocenters. The number of rotatable bonds is 5. The third kappa shape index (κ3) is 3.90. The third-order valence-electron chi connectivity index (χ3n) is 4.65. The Morgan fingerprint density at radius 1 is 1.14 bits per heavy atom. The molecular formula is C21H18ClN5O2. The van der Waals surface area contributed by atoms with Crippen LogP contribution in [0.15, 0.2) is 71.9 Å². The maximum atomic E-state index is 12.8. The number of halogens is 1. The lowest BCUT2D eigenvalue weighted by Crippen LogP contribution is -2.35. The van der Waals surface area contributed by atoms with Crippen LogP contribution in [0.5, 0.6) is 0 Å². The number of hydrogen-bond donors (Lipinski definition) is 1. The number of carbonyl (C=O) groups excluding carboxylic acids is 1. The van der Waals surface area contributed by atoms with Crippen molar-refractivity contribution in [2.45, 2.75) is 12.6 Å². The van der Waals surface area contributed by atoms with E-state index < -0.39 is 6.04 Å². The predicted molar refractivity (Wildman–Crippen MR) is 111 cm³/mol. The number of nitrogens with one attached hydrogen (secondary N) is 1. The maximum absolute atomic E-state index is 12.8. The van der Waals surface area contributed by atoms with Crippen molar-refractivity contribution in [2.24, 2.45) is 7.05 Å². The molecule has 1 N–H and O–H groups in total. The fraction of sp³-hybridized carbons (Fsp3) is 0.143. The second kappa shape index (κ2) is 7.89. The summed E-state index contributed by atoms with van der Waals surface area (Å²) in [5.41, 5.74) is 1.94. The van der Waals surface area contributed by atoms with E-state index >= 15 is 0 Å². The fourth-order valence-electron chi connectivity index (χ4n) is 3.23. The van der Waals surface area contributed by atoms with Crippen LogP contribution in [0, 0.1) is 0 Å². The van der Waals surface area contributed by atoms with Gasteiger partial charge in [-0.05, 0) is 23.3 Å². The Bertz CT molecular complexity index is 1230. The number of nitrogens with zero attached hydrogens (tertiary/aromatic N) is 4. The van der Waals surface area contributed by atoms with Crippen molar-refractivity contribution in [3.05, 3.63) is 93.6 Å². The van der Waals surface area contributed by atoms with Crippen molar-refractivity contribution in [1.29, 1.82) is 0 Å². The van der Waals surface area contributed by atoms with E-state index in [9.17, 15) is 9.59 Å². The Morgan fingerprint density at radius 3 is 2.66 bits per heavy atom. The van der Waals surface area contributed by atoms with Crippen molar-refractivity contribution in [3.8, 4) is 0 Å². The first-order valence-electron chi connectivity index (χ1n) is 9.00. The number of hydrogen-bond acceptors (Lipinski definition) is 4. The van der Waals surface area contributed by atoms with Crippen LogP contribution < -0.4 is 10.9 Å². The molecule has 7 nitrogen and oxygen atoms in total. The molecule has 29 heavy (non-hydrogen) atoms.